The van der Waals surface area contributed by atoms with E-state index in [9.17, 15) is 9.18 Å². The van der Waals surface area contributed by atoms with Gasteiger partial charge in [-0.2, -0.15) is 0 Å². The number of hydrogen-bond acceptors (Lipinski definition) is 1. The summed E-state index contributed by atoms with van der Waals surface area (Å²) < 4.78 is 13.1. The molecular weight excluding hydrogens is 205 g/mol. The summed E-state index contributed by atoms with van der Waals surface area (Å²) in [6, 6.07) is 6.47. The van der Waals surface area contributed by atoms with Crippen molar-refractivity contribution in [3.8, 4) is 0 Å². The highest BCUT2D eigenvalue weighted by Gasteiger charge is 2.33. The molecule has 3 heteroatoms. The van der Waals surface area contributed by atoms with E-state index in [1.54, 1.807) is 17.0 Å². The van der Waals surface area contributed by atoms with Crippen LogP contribution in [0, 0.1) is 11.7 Å². The molecule has 2 rings (SSSR count). The van der Waals surface area contributed by atoms with Gasteiger partial charge < -0.3 is 4.90 Å². The van der Waals surface area contributed by atoms with Crippen molar-refractivity contribution in [3.63, 3.8) is 0 Å². The van der Waals surface area contributed by atoms with Gasteiger partial charge in [-0.1, -0.05) is 19.9 Å². The lowest BCUT2D eigenvalue weighted by molar-refractivity contribution is -0.117. The summed E-state index contributed by atoms with van der Waals surface area (Å²) in [5, 5.41) is 0. The molecule has 0 aliphatic carbocycles. The minimum absolute atomic E-state index is 0.101. The van der Waals surface area contributed by atoms with E-state index in [1.807, 2.05) is 0 Å². The number of carbonyl (C=O) groups excluding carboxylic acids is 1. The van der Waals surface area contributed by atoms with Gasteiger partial charge in [0, 0.05) is 18.2 Å². The van der Waals surface area contributed by atoms with Gasteiger partial charge in [0.25, 0.3) is 0 Å². The first kappa shape index (κ1) is 11.1. The summed E-state index contributed by atoms with van der Waals surface area (Å²) in [6.07, 6.45) is 1.44. The van der Waals surface area contributed by atoms with Crippen molar-refractivity contribution in [2.45, 2.75) is 32.7 Å². The molecule has 0 aromatic heterocycles. The molecule has 1 amide bonds. The van der Waals surface area contributed by atoms with Gasteiger partial charge in [0.2, 0.25) is 5.91 Å². The lowest BCUT2D eigenvalue weighted by Crippen LogP contribution is -2.36. The second kappa shape index (κ2) is 4.24. The average Bonchev–Trinajstić information content (AvgIpc) is 2.60. The van der Waals surface area contributed by atoms with Gasteiger partial charge in [-0.3, -0.25) is 4.79 Å². The van der Waals surface area contributed by atoms with Gasteiger partial charge in [0.05, 0.1) is 0 Å². The third-order valence-electron chi connectivity index (χ3n) is 3.11. The summed E-state index contributed by atoms with van der Waals surface area (Å²) >= 11 is 0. The van der Waals surface area contributed by atoms with Crippen LogP contribution in [0.1, 0.15) is 26.7 Å². The summed E-state index contributed by atoms with van der Waals surface area (Å²) in [7, 11) is 0. The zero-order valence-electron chi connectivity index (χ0n) is 9.61. The fourth-order valence-electron chi connectivity index (χ4n) is 2.30. The first-order valence-electron chi connectivity index (χ1n) is 5.67. The molecule has 1 aliphatic rings. The normalized spacial score (nSPS) is 20.9. The van der Waals surface area contributed by atoms with Crippen LogP contribution in [0.4, 0.5) is 10.1 Å². The third kappa shape index (κ3) is 1.94. The second-order valence-corrected chi connectivity index (χ2v) is 4.59. The molecule has 1 aliphatic heterocycles. The maximum Gasteiger partial charge on any atom is 0.227 e. The Balaban J connectivity index is 2.33. The number of carbonyl (C=O) groups is 1. The molecule has 1 fully saturated rings. The average molecular weight is 221 g/mol. The van der Waals surface area contributed by atoms with Crippen LogP contribution in [-0.4, -0.2) is 11.9 Å². The number of amides is 1. The van der Waals surface area contributed by atoms with Crippen molar-refractivity contribution >= 4 is 11.6 Å². The number of benzene rings is 1. The topological polar surface area (TPSA) is 20.3 Å². The van der Waals surface area contributed by atoms with Gasteiger partial charge in [-0.05, 0) is 30.5 Å². The number of nitrogens with zero attached hydrogens (tertiary/aromatic N) is 1. The van der Waals surface area contributed by atoms with Crippen molar-refractivity contribution in [1.29, 1.82) is 0 Å². The predicted molar refractivity (Wildman–Crippen MR) is 61.7 cm³/mol. The van der Waals surface area contributed by atoms with E-state index in [4.69, 9.17) is 0 Å². The molecule has 1 heterocycles. The van der Waals surface area contributed by atoms with Crippen molar-refractivity contribution < 1.29 is 9.18 Å². The molecule has 1 saturated heterocycles. The molecule has 0 spiro atoms. The number of rotatable bonds is 2. The van der Waals surface area contributed by atoms with Crippen LogP contribution in [0.15, 0.2) is 24.3 Å². The first-order chi connectivity index (χ1) is 7.59. The zero-order valence-corrected chi connectivity index (χ0v) is 9.61. The zero-order chi connectivity index (χ0) is 11.7. The highest BCUT2D eigenvalue weighted by Crippen LogP contribution is 2.30. The number of hydrogen-bond donors (Lipinski definition) is 0. The van der Waals surface area contributed by atoms with Crippen LogP contribution in [0.25, 0.3) is 0 Å². The molecule has 1 unspecified atom stereocenters. The smallest absolute Gasteiger partial charge is 0.227 e. The van der Waals surface area contributed by atoms with Crippen LogP contribution < -0.4 is 4.90 Å². The molecule has 0 N–H and O–H groups in total. The Morgan fingerprint density at radius 2 is 2.19 bits per heavy atom. The minimum atomic E-state index is -0.292. The lowest BCUT2D eigenvalue weighted by Gasteiger charge is -2.27. The summed E-state index contributed by atoms with van der Waals surface area (Å²) in [5.74, 6) is 0.207. The molecular formula is C13H16FNO. The number of anilines is 1. The van der Waals surface area contributed by atoms with Gasteiger partial charge in [0.1, 0.15) is 5.82 Å². The molecule has 0 radical (unpaired) electrons. The van der Waals surface area contributed by atoms with E-state index in [1.165, 1.54) is 12.1 Å². The molecule has 1 aromatic rings. The van der Waals surface area contributed by atoms with E-state index in [0.717, 1.165) is 6.42 Å². The molecule has 16 heavy (non-hydrogen) atoms. The summed E-state index contributed by atoms with van der Waals surface area (Å²) in [6.45, 7) is 4.19. The van der Waals surface area contributed by atoms with Gasteiger partial charge >= 0.3 is 0 Å². The van der Waals surface area contributed by atoms with Crippen molar-refractivity contribution in [2.24, 2.45) is 5.92 Å². The van der Waals surface area contributed by atoms with Gasteiger partial charge in [-0.15, -0.1) is 0 Å². The van der Waals surface area contributed by atoms with E-state index in [-0.39, 0.29) is 17.8 Å². The fourth-order valence-corrected chi connectivity index (χ4v) is 2.30. The first-order valence-corrected chi connectivity index (χ1v) is 5.67. The molecule has 0 bridgehead atoms. The Hall–Kier alpha value is -1.38. The SMILES string of the molecule is CC(C)C1CCC(=O)N1c1cccc(F)c1. The Bertz CT molecular complexity index is 403. The predicted octanol–water partition coefficient (Wildman–Crippen LogP) is 2.98. The van der Waals surface area contributed by atoms with Gasteiger partial charge in [0.15, 0.2) is 0 Å². The van der Waals surface area contributed by atoms with Crippen LogP contribution in [0.3, 0.4) is 0 Å². The third-order valence-corrected chi connectivity index (χ3v) is 3.11. The van der Waals surface area contributed by atoms with Crippen LogP contribution in [-0.2, 0) is 4.79 Å². The molecule has 2 nitrogen and oxygen atoms in total. The van der Waals surface area contributed by atoms with Crippen LogP contribution in [0.5, 0.6) is 0 Å². The number of halogens is 1. The van der Waals surface area contributed by atoms with E-state index in [2.05, 4.69) is 13.8 Å². The summed E-state index contributed by atoms with van der Waals surface area (Å²) in [4.78, 5) is 13.5. The summed E-state index contributed by atoms with van der Waals surface area (Å²) in [5.41, 5.74) is 0.682. The van der Waals surface area contributed by atoms with Gasteiger partial charge in [-0.25, -0.2) is 4.39 Å². The highest BCUT2D eigenvalue weighted by atomic mass is 19.1. The molecule has 0 saturated carbocycles. The second-order valence-electron chi connectivity index (χ2n) is 4.59. The maximum atomic E-state index is 13.1. The monoisotopic (exact) mass is 221 g/mol. The highest BCUT2D eigenvalue weighted by molar-refractivity contribution is 5.96. The van der Waals surface area contributed by atoms with Crippen LogP contribution in [0.2, 0.25) is 0 Å². The Morgan fingerprint density at radius 3 is 2.81 bits per heavy atom. The van der Waals surface area contributed by atoms with E-state index < -0.39 is 0 Å². The van der Waals surface area contributed by atoms with E-state index in [0.29, 0.717) is 18.0 Å². The molecule has 1 atom stereocenters. The minimum Gasteiger partial charge on any atom is -0.309 e. The van der Waals surface area contributed by atoms with Crippen molar-refractivity contribution in [2.75, 3.05) is 4.90 Å². The quantitative estimate of drug-likeness (QED) is 0.751. The van der Waals surface area contributed by atoms with Crippen molar-refractivity contribution in [3.05, 3.63) is 30.1 Å². The van der Waals surface area contributed by atoms with Crippen molar-refractivity contribution in [1.82, 2.24) is 0 Å². The van der Waals surface area contributed by atoms with E-state index >= 15 is 0 Å². The Labute approximate surface area is 95.1 Å². The lowest BCUT2D eigenvalue weighted by atomic mass is 10.0. The fraction of sp³-hybridized carbons (Fsp3) is 0.462. The molecule has 1 aromatic carbocycles. The Kier molecular flexibility index (Phi) is 2.95. The molecule has 86 valence electrons. The van der Waals surface area contributed by atoms with Crippen LogP contribution >= 0.6 is 0 Å². The maximum absolute atomic E-state index is 13.1. The largest absolute Gasteiger partial charge is 0.309 e. The Morgan fingerprint density at radius 1 is 1.44 bits per heavy atom. The standard InChI is InChI=1S/C13H16FNO/c1-9(2)12-6-7-13(16)15(12)11-5-3-4-10(14)8-11/h3-5,8-9,12H,6-7H2,1-2H3.